The SMILES string of the molecule is Cc1cc(COc2ccc(S(=O)(=O)N(C)[C@H]3CCC[C@H]3C(=O)O)cc2)c2ccccc2n1. The number of pyridine rings is 1. The van der Waals surface area contributed by atoms with Crippen LogP contribution in [-0.4, -0.2) is 41.9 Å². The highest BCUT2D eigenvalue weighted by molar-refractivity contribution is 7.89. The lowest BCUT2D eigenvalue weighted by molar-refractivity contribution is -0.142. The molecule has 1 heterocycles. The Balaban J connectivity index is 1.49. The van der Waals surface area contributed by atoms with Crippen LogP contribution in [-0.2, 0) is 21.4 Å². The Bertz CT molecular complexity index is 1240. The van der Waals surface area contributed by atoms with E-state index in [1.54, 1.807) is 12.1 Å². The number of ether oxygens (including phenoxy) is 1. The molecule has 1 aromatic heterocycles. The highest BCUT2D eigenvalue weighted by Crippen LogP contribution is 2.33. The molecule has 0 saturated heterocycles. The number of aromatic nitrogens is 1. The van der Waals surface area contributed by atoms with Crippen LogP contribution < -0.4 is 4.74 Å². The lowest BCUT2D eigenvalue weighted by Crippen LogP contribution is -2.41. The third-order valence-corrected chi connectivity index (χ3v) is 7.99. The van der Waals surface area contributed by atoms with E-state index in [-0.39, 0.29) is 4.90 Å². The molecule has 2 atom stereocenters. The summed E-state index contributed by atoms with van der Waals surface area (Å²) in [6, 6.07) is 15.6. The Morgan fingerprint density at radius 3 is 2.59 bits per heavy atom. The third kappa shape index (κ3) is 4.33. The van der Waals surface area contributed by atoms with Gasteiger partial charge in [0.2, 0.25) is 10.0 Å². The third-order valence-electron chi connectivity index (χ3n) is 6.09. The van der Waals surface area contributed by atoms with E-state index in [9.17, 15) is 18.3 Å². The normalized spacial score (nSPS) is 18.8. The van der Waals surface area contributed by atoms with Crippen LogP contribution in [0.5, 0.6) is 5.75 Å². The average molecular weight is 455 g/mol. The van der Waals surface area contributed by atoms with E-state index in [1.165, 1.54) is 23.5 Å². The molecule has 1 fully saturated rings. The van der Waals surface area contributed by atoms with E-state index in [0.29, 0.717) is 31.6 Å². The number of carboxylic acids is 1. The van der Waals surface area contributed by atoms with Crippen LogP contribution in [0.2, 0.25) is 0 Å². The quantitative estimate of drug-likeness (QED) is 0.580. The van der Waals surface area contributed by atoms with Crippen LogP contribution in [0.3, 0.4) is 0 Å². The molecule has 3 aromatic rings. The van der Waals surface area contributed by atoms with Gasteiger partial charge in [0.15, 0.2) is 0 Å². The van der Waals surface area contributed by atoms with Crippen LogP contribution in [0.25, 0.3) is 10.9 Å². The molecule has 0 spiro atoms. The number of carbonyl (C=O) groups is 1. The zero-order chi connectivity index (χ0) is 22.9. The first-order valence-corrected chi connectivity index (χ1v) is 12.0. The van der Waals surface area contributed by atoms with Gasteiger partial charge in [0, 0.05) is 29.7 Å². The summed E-state index contributed by atoms with van der Waals surface area (Å²) in [6.45, 7) is 2.27. The average Bonchev–Trinajstić information content (AvgIpc) is 3.27. The molecule has 0 bridgehead atoms. The van der Waals surface area contributed by atoms with Gasteiger partial charge in [0.1, 0.15) is 12.4 Å². The molecule has 0 unspecified atom stereocenters. The molecule has 7 nitrogen and oxygen atoms in total. The number of nitrogens with zero attached hydrogens (tertiary/aromatic N) is 2. The molecule has 1 aliphatic carbocycles. The van der Waals surface area contributed by atoms with Crippen LogP contribution in [0.1, 0.15) is 30.5 Å². The summed E-state index contributed by atoms with van der Waals surface area (Å²) in [6.07, 6.45) is 1.75. The molecule has 8 heteroatoms. The molecular weight excluding hydrogens is 428 g/mol. The molecular formula is C24H26N2O5S. The van der Waals surface area contributed by atoms with Gasteiger partial charge in [-0.3, -0.25) is 9.78 Å². The van der Waals surface area contributed by atoms with Gasteiger partial charge in [0.05, 0.1) is 16.3 Å². The van der Waals surface area contributed by atoms with E-state index < -0.39 is 28.0 Å². The van der Waals surface area contributed by atoms with Gasteiger partial charge < -0.3 is 9.84 Å². The van der Waals surface area contributed by atoms with Gasteiger partial charge in [-0.2, -0.15) is 4.31 Å². The highest BCUT2D eigenvalue weighted by atomic mass is 32.2. The van der Waals surface area contributed by atoms with Crippen molar-refractivity contribution >= 4 is 26.9 Å². The Kier molecular flexibility index (Phi) is 6.17. The predicted molar refractivity (Wildman–Crippen MR) is 121 cm³/mol. The second kappa shape index (κ2) is 8.88. The van der Waals surface area contributed by atoms with E-state index >= 15 is 0 Å². The Labute approximate surface area is 187 Å². The number of hydrogen-bond acceptors (Lipinski definition) is 5. The summed E-state index contributed by atoms with van der Waals surface area (Å²) in [4.78, 5) is 16.1. The maximum atomic E-state index is 13.0. The van der Waals surface area contributed by atoms with Gasteiger partial charge in [0.25, 0.3) is 0 Å². The van der Waals surface area contributed by atoms with Crippen molar-refractivity contribution in [2.45, 2.75) is 43.7 Å². The standard InChI is InChI=1S/C24H26N2O5S/c1-16-14-17(20-6-3-4-8-22(20)25-16)15-31-18-10-12-19(13-11-18)32(29,30)26(2)23-9-5-7-21(23)24(27)28/h3-4,6,8,10-14,21,23H,5,7,9,15H2,1-2H3,(H,27,28)/t21-,23+/m1/s1. The van der Waals surface area contributed by atoms with E-state index in [0.717, 1.165) is 22.2 Å². The number of aliphatic carboxylic acids is 1. The monoisotopic (exact) mass is 454 g/mol. The smallest absolute Gasteiger partial charge is 0.308 e. The first-order chi connectivity index (χ1) is 15.3. The van der Waals surface area contributed by atoms with Crippen molar-refractivity contribution in [3.8, 4) is 5.75 Å². The summed E-state index contributed by atoms with van der Waals surface area (Å²) >= 11 is 0. The summed E-state index contributed by atoms with van der Waals surface area (Å²) in [7, 11) is -2.34. The molecule has 32 heavy (non-hydrogen) atoms. The fourth-order valence-electron chi connectivity index (χ4n) is 4.39. The fourth-order valence-corrected chi connectivity index (χ4v) is 5.81. The van der Waals surface area contributed by atoms with E-state index in [2.05, 4.69) is 4.98 Å². The van der Waals surface area contributed by atoms with Gasteiger partial charge in [-0.15, -0.1) is 0 Å². The number of carboxylic acid groups (broad SMARTS) is 1. The first-order valence-electron chi connectivity index (χ1n) is 10.6. The summed E-state index contributed by atoms with van der Waals surface area (Å²) in [5.74, 6) is -1.07. The molecule has 0 amide bonds. The number of benzene rings is 2. The second-order valence-corrected chi connectivity index (χ2v) is 10.2. The van der Waals surface area contributed by atoms with Crippen molar-refractivity contribution in [3.05, 3.63) is 65.9 Å². The number of fused-ring (bicyclic) bond motifs is 1. The van der Waals surface area contributed by atoms with Crippen molar-refractivity contribution in [2.75, 3.05) is 7.05 Å². The van der Waals surface area contributed by atoms with Crippen LogP contribution in [0, 0.1) is 12.8 Å². The van der Waals surface area contributed by atoms with Gasteiger partial charge in [-0.25, -0.2) is 8.42 Å². The summed E-state index contributed by atoms with van der Waals surface area (Å²) in [5.41, 5.74) is 2.81. The predicted octanol–water partition coefficient (Wildman–Crippen LogP) is 4.00. The fraction of sp³-hybridized carbons (Fsp3) is 0.333. The number of hydrogen-bond donors (Lipinski definition) is 1. The van der Waals surface area contributed by atoms with Crippen molar-refractivity contribution < 1.29 is 23.1 Å². The maximum Gasteiger partial charge on any atom is 0.308 e. The Hall–Kier alpha value is -2.97. The van der Waals surface area contributed by atoms with Crippen molar-refractivity contribution in [1.82, 2.24) is 9.29 Å². The minimum Gasteiger partial charge on any atom is -0.489 e. The summed E-state index contributed by atoms with van der Waals surface area (Å²) < 4.78 is 33.2. The molecule has 1 aliphatic rings. The number of aryl methyl sites for hydroxylation is 1. The minimum atomic E-state index is -3.80. The molecule has 168 valence electrons. The zero-order valence-electron chi connectivity index (χ0n) is 18.1. The molecule has 0 radical (unpaired) electrons. The Morgan fingerprint density at radius 2 is 1.88 bits per heavy atom. The van der Waals surface area contributed by atoms with Crippen LogP contribution in [0.15, 0.2) is 59.5 Å². The highest BCUT2D eigenvalue weighted by Gasteiger charge is 2.40. The number of sulfonamides is 1. The van der Waals surface area contributed by atoms with Gasteiger partial charge in [-0.1, -0.05) is 24.6 Å². The topological polar surface area (TPSA) is 96.8 Å². The lowest BCUT2D eigenvalue weighted by Gasteiger charge is -2.27. The lowest BCUT2D eigenvalue weighted by atomic mass is 10.0. The molecule has 4 rings (SSSR count). The molecule has 1 saturated carbocycles. The van der Waals surface area contributed by atoms with Gasteiger partial charge in [-0.05, 0) is 56.2 Å². The molecule has 1 N–H and O–H groups in total. The van der Waals surface area contributed by atoms with Crippen molar-refractivity contribution in [1.29, 1.82) is 0 Å². The first kappa shape index (κ1) is 22.2. The number of para-hydroxylation sites is 1. The van der Waals surface area contributed by atoms with E-state index in [4.69, 9.17) is 4.74 Å². The largest absolute Gasteiger partial charge is 0.489 e. The van der Waals surface area contributed by atoms with Gasteiger partial charge >= 0.3 is 5.97 Å². The molecule has 2 aromatic carbocycles. The van der Waals surface area contributed by atoms with Crippen LogP contribution >= 0.6 is 0 Å². The summed E-state index contributed by atoms with van der Waals surface area (Å²) in [5, 5.41) is 10.4. The Morgan fingerprint density at radius 1 is 1.16 bits per heavy atom. The second-order valence-electron chi connectivity index (χ2n) is 8.16. The van der Waals surface area contributed by atoms with E-state index in [1.807, 2.05) is 37.3 Å². The van der Waals surface area contributed by atoms with Crippen molar-refractivity contribution in [2.24, 2.45) is 5.92 Å². The maximum absolute atomic E-state index is 13.0. The minimum absolute atomic E-state index is 0.119. The number of rotatable bonds is 7. The zero-order valence-corrected chi connectivity index (χ0v) is 18.9. The van der Waals surface area contributed by atoms with Crippen molar-refractivity contribution in [3.63, 3.8) is 0 Å². The molecule has 0 aliphatic heterocycles. The van der Waals surface area contributed by atoms with Crippen LogP contribution in [0.4, 0.5) is 0 Å².